The molecular weight excluding hydrogens is 224 g/mol. The minimum absolute atomic E-state index is 0.929. The third kappa shape index (κ3) is 1.65. The fraction of sp³-hybridized carbons (Fsp3) is 0. The average Bonchev–Trinajstić information content (AvgIpc) is 2.17. The number of rotatable bonds is 1. The van der Waals surface area contributed by atoms with Gasteiger partial charge in [0.05, 0.1) is 0 Å². The van der Waals surface area contributed by atoms with E-state index < -0.39 is 0 Å². The van der Waals surface area contributed by atoms with Gasteiger partial charge in [0.25, 0.3) is 0 Å². The minimum Gasteiger partial charge on any atom is -0.0841 e. The highest BCUT2D eigenvalue weighted by atomic mass is 79.9. The molecule has 64 valence electrons. The Kier molecular flexibility index (Phi) is 2.19. The summed E-state index contributed by atoms with van der Waals surface area (Å²) < 4.78 is 0.929. The molecule has 0 bridgehead atoms. The van der Waals surface area contributed by atoms with Gasteiger partial charge in [0.15, 0.2) is 0 Å². The van der Waals surface area contributed by atoms with Crippen LogP contribution in [0.3, 0.4) is 0 Å². The Balaban J connectivity index is 2.69. The van der Waals surface area contributed by atoms with E-state index in [9.17, 15) is 0 Å². The van der Waals surface area contributed by atoms with Crippen molar-refractivity contribution in [2.75, 3.05) is 0 Å². The Morgan fingerprint density at radius 2 is 1.69 bits per heavy atom. The summed E-state index contributed by atoms with van der Waals surface area (Å²) in [7, 11) is 0. The number of hydrogen-bond acceptors (Lipinski definition) is 0. The van der Waals surface area contributed by atoms with Crippen molar-refractivity contribution >= 4 is 31.2 Å². The third-order valence-corrected chi connectivity index (χ3v) is 2.52. The Labute approximate surface area is 86.0 Å². The predicted octanol–water partition coefficient (Wildman–Crippen LogP) is 4.21. The topological polar surface area (TPSA) is 0 Å². The highest BCUT2D eigenvalue weighted by molar-refractivity contribution is 9.15. The van der Waals surface area contributed by atoms with Crippen LogP contribution < -0.4 is 0 Å². The van der Waals surface area contributed by atoms with E-state index in [1.54, 1.807) is 0 Å². The first-order valence-corrected chi connectivity index (χ1v) is 4.90. The van der Waals surface area contributed by atoms with Crippen LogP contribution in [0.25, 0.3) is 15.3 Å². The Bertz CT molecular complexity index is 457. The average molecular weight is 233 g/mol. The lowest BCUT2D eigenvalue weighted by molar-refractivity contribution is 1.71. The zero-order chi connectivity index (χ0) is 9.26. The molecule has 0 saturated carbocycles. The highest BCUT2D eigenvalue weighted by Gasteiger charge is 1.96. The van der Waals surface area contributed by atoms with Gasteiger partial charge in [-0.1, -0.05) is 58.9 Å². The molecule has 1 heteroatoms. The summed E-state index contributed by atoms with van der Waals surface area (Å²) in [5.41, 5.74) is 1.14. The van der Waals surface area contributed by atoms with Gasteiger partial charge in [0, 0.05) is 4.48 Å². The van der Waals surface area contributed by atoms with Crippen molar-refractivity contribution in [3.8, 4) is 0 Å². The molecular formula is C12H9Br. The van der Waals surface area contributed by atoms with Crippen LogP contribution in [0.4, 0.5) is 0 Å². The van der Waals surface area contributed by atoms with Crippen LogP contribution in [-0.4, -0.2) is 0 Å². The molecule has 0 spiro atoms. The molecule has 0 amide bonds. The molecule has 0 aliphatic heterocycles. The van der Waals surface area contributed by atoms with Crippen LogP contribution in [-0.2, 0) is 0 Å². The van der Waals surface area contributed by atoms with Crippen LogP contribution in [0, 0.1) is 0 Å². The van der Waals surface area contributed by atoms with Gasteiger partial charge in [0.1, 0.15) is 0 Å². The van der Waals surface area contributed by atoms with E-state index in [-0.39, 0.29) is 0 Å². The summed E-state index contributed by atoms with van der Waals surface area (Å²) in [6.45, 7) is 3.85. The van der Waals surface area contributed by atoms with Gasteiger partial charge in [-0.15, -0.1) is 0 Å². The van der Waals surface area contributed by atoms with Crippen molar-refractivity contribution < 1.29 is 0 Å². The van der Waals surface area contributed by atoms with Gasteiger partial charge in [-0.25, -0.2) is 0 Å². The Morgan fingerprint density at radius 3 is 2.38 bits per heavy atom. The van der Waals surface area contributed by atoms with Gasteiger partial charge in [-0.3, -0.25) is 0 Å². The Morgan fingerprint density at radius 1 is 1.00 bits per heavy atom. The molecule has 0 aliphatic rings. The van der Waals surface area contributed by atoms with Crippen LogP contribution >= 0.6 is 15.9 Å². The van der Waals surface area contributed by atoms with Gasteiger partial charge < -0.3 is 0 Å². The van der Waals surface area contributed by atoms with Gasteiger partial charge >= 0.3 is 0 Å². The normalized spacial score (nSPS) is 10.2. The number of benzene rings is 2. The number of fused-ring (bicyclic) bond motifs is 1. The molecule has 2 rings (SSSR count). The molecule has 13 heavy (non-hydrogen) atoms. The second-order valence-corrected chi connectivity index (χ2v) is 3.92. The zero-order valence-electron chi connectivity index (χ0n) is 7.13. The molecule has 0 saturated heterocycles. The SMILES string of the molecule is C=C(Br)c1ccc2ccccc2c1. The maximum Gasteiger partial charge on any atom is 0.0176 e. The standard InChI is InChI=1S/C12H9Br/c1-9(13)11-7-6-10-4-2-3-5-12(10)8-11/h2-8H,1H2. The quantitative estimate of drug-likeness (QED) is 0.692. The first kappa shape index (κ1) is 8.52. The van der Waals surface area contributed by atoms with Crippen molar-refractivity contribution in [1.29, 1.82) is 0 Å². The molecule has 2 aromatic carbocycles. The van der Waals surface area contributed by atoms with E-state index in [1.165, 1.54) is 10.8 Å². The van der Waals surface area contributed by atoms with Crippen LogP contribution in [0.15, 0.2) is 49.0 Å². The molecule has 0 unspecified atom stereocenters. The van der Waals surface area contributed by atoms with E-state index >= 15 is 0 Å². The van der Waals surface area contributed by atoms with Crippen LogP contribution in [0.1, 0.15) is 5.56 Å². The van der Waals surface area contributed by atoms with Gasteiger partial charge in [-0.2, -0.15) is 0 Å². The Hall–Kier alpha value is -1.08. The molecule has 0 radical (unpaired) electrons. The maximum absolute atomic E-state index is 3.85. The maximum atomic E-state index is 3.85. The summed E-state index contributed by atoms with van der Waals surface area (Å²) in [6, 6.07) is 14.6. The van der Waals surface area contributed by atoms with E-state index in [1.807, 2.05) is 12.1 Å². The second-order valence-electron chi connectivity index (χ2n) is 2.97. The lowest BCUT2D eigenvalue weighted by Gasteiger charge is -2.00. The van der Waals surface area contributed by atoms with Gasteiger partial charge in [-0.05, 0) is 22.4 Å². The zero-order valence-corrected chi connectivity index (χ0v) is 8.71. The summed E-state index contributed by atoms with van der Waals surface area (Å²) in [5.74, 6) is 0. The van der Waals surface area contributed by atoms with Gasteiger partial charge in [0.2, 0.25) is 0 Å². The van der Waals surface area contributed by atoms with Crippen molar-refractivity contribution in [1.82, 2.24) is 0 Å². The molecule has 0 aliphatic carbocycles. The molecule has 0 fully saturated rings. The summed E-state index contributed by atoms with van der Waals surface area (Å²) in [4.78, 5) is 0. The van der Waals surface area contributed by atoms with Crippen molar-refractivity contribution in [2.45, 2.75) is 0 Å². The predicted molar refractivity (Wildman–Crippen MR) is 61.9 cm³/mol. The molecule has 2 aromatic rings. The minimum atomic E-state index is 0.929. The lowest BCUT2D eigenvalue weighted by atomic mass is 10.1. The molecule has 0 heterocycles. The first-order chi connectivity index (χ1) is 6.27. The summed E-state index contributed by atoms with van der Waals surface area (Å²) >= 11 is 3.37. The van der Waals surface area contributed by atoms with Crippen LogP contribution in [0.5, 0.6) is 0 Å². The molecule has 0 atom stereocenters. The number of halogens is 1. The van der Waals surface area contributed by atoms with E-state index in [0.717, 1.165) is 10.0 Å². The summed E-state index contributed by atoms with van der Waals surface area (Å²) in [5, 5.41) is 2.51. The lowest BCUT2D eigenvalue weighted by Crippen LogP contribution is -1.76. The monoisotopic (exact) mass is 232 g/mol. The fourth-order valence-electron chi connectivity index (χ4n) is 1.36. The molecule has 0 nitrogen and oxygen atoms in total. The smallest absolute Gasteiger partial charge is 0.0176 e. The molecule has 0 N–H and O–H groups in total. The van der Waals surface area contributed by atoms with E-state index in [4.69, 9.17) is 0 Å². The van der Waals surface area contributed by atoms with E-state index in [2.05, 4.69) is 52.8 Å². The number of hydrogen-bond donors (Lipinski definition) is 0. The van der Waals surface area contributed by atoms with Crippen molar-refractivity contribution in [2.24, 2.45) is 0 Å². The van der Waals surface area contributed by atoms with Crippen molar-refractivity contribution in [3.05, 3.63) is 54.6 Å². The highest BCUT2D eigenvalue weighted by Crippen LogP contribution is 2.23. The fourth-order valence-corrected chi connectivity index (χ4v) is 1.60. The first-order valence-electron chi connectivity index (χ1n) is 4.11. The van der Waals surface area contributed by atoms with Crippen molar-refractivity contribution in [3.63, 3.8) is 0 Å². The molecule has 0 aromatic heterocycles. The van der Waals surface area contributed by atoms with E-state index in [0.29, 0.717) is 0 Å². The summed E-state index contributed by atoms with van der Waals surface area (Å²) in [6.07, 6.45) is 0. The third-order valence-electron chi connectivity index (χ3n) is 2.06. The van der Waals surface area contributed by atoms with Crippen LogP contribution in [0.2, 0.25) is 0 Å². The largest absolute Gasteiger partial charge is 0.0841 e. The second kappa shape index (κ2) is 3.35.